The summed E-state index contributed by atoms with van der Waals surface area (Å²) in [4.78, 5) is 15.6. The highest BCUT2D eigenvalue weighted by atomic mass is 16.5. The van der Waals surface area contributed by atoms with Gasteiger partial charge in [0.1, 0.15) is 12.4 Å². The van der Waals surface area contributed by atoms with E-state index in [1.165, 1.54) is 5.56 Å². The molecule has 2 aromatic rings. The lowest BCUT2D eigenvalue weighted by Gasteiger charge is -2.12. The number of hydrogen-bond donors (Lipinski definition) is 2. The zero-order chi connectivity index (χ0) is 15.8. The third kappa shape index (κ3) is 4.77. The van der Waals surface area contributed by atoms with E-state index in [2.05, 4.69) is 15.6 Å². The predicted molar refractivity (Wildman–Crippen MR) is 85.9 cm³/mol. The van der Waals surface area contributed by atoms with E-state index in [4.69, 9.17) is 4.74 Å². The van der Waals surface area contributed by atoms with E-state index in [1.54, 1.807) is 12.4 Å². The highest BCUT2D eigenvalue weighted by Gasteiger charge is 2.03. The van der Waals surface area contributed by atoms with E-state index >= 15 is 0 Å². The van der Waals surface area contributed by atoms with Crippen molar-refractivity contribution in [2.45, 2.75) is 20.4 Å². The maximum atomic E-state index is 11.7. The number of ether oxygens (including phenoxy) is 1. The maximum Gasteiger partial charge on any atom is 0.315 e. The van der Waals surface area contributed by atoms with Crippen LogP contribution in [0.5, 0.6) is 5.75 Å². The number of aryl methyl sites for hydroxylation is 1. The molecule has 0 saturated heterocycles. The topological polar surface area (TPSA) is 63.2 Å². The summed E-state index contributed by atoms with van der Waals surface area (Å²) in [6, 6.07) is 9.47. The van der Waals surface area contributed by atoms with Crippen molar-refractivity contribution in [1.29, 1.82) is 0 Å². The average Bonchev–Trinajstić information content (AvgIpc) is 2.54. The van der Waals surface area contributed by atoms with Crippen LogP contribution in [0.2, 0.25) is 0 Å². The molecule has 0 atom stereocenters. The van der Waals surface area contributed by atoms with Crippen LogP contribution in [-0.2, 0) is 6.54 Å². The largest absolute Gasteiger partial charge is 0.491 e. The Kier molecular flexibility index (Phi) is 5.77. The van der Waals surface area contributed by atoms with Crippen LogP contribution in [0.4, 0.5) is 4.79 Å². The van der Waals surface area contributed by atoms with Gasteiger partial charge in [-0.05, 0) is 48.7 Å². The molecule has 0 unspecified atom stereocenters. The minimum Gasteiger partial charge on any atom is -0.491 e. The number of carbonyl (C=O) groups excluding carboxylic acids is 1. The van der Waals surface area contributed by atoms with Gasteiger partial charge in [0.05, 0.1) is 6.54 Å². The molecule has 22 heavy (non-hydrogen) atoms. The first-order valence-corrected chi connectivity index (χ1v) is 7.26. The molecule has 1 heterocycles. The van der Waals surface area contributed by atoms with Gasteiger partial charge in [-0.15, -0.1) is 0 Å². The number of hydrogen-bond acceptors (Lipinski definition) is 3. The van der Waals surface area contributed by atoms with Crippen molar-refractivity contribution in [2.75, 3.05) is 13.2 Å². The Hall–Kier alpha value is -2.56. The number of rotatable bonds is 6. The molecule has 0 aliphatic carbocycles. The number of nitrogens with one attached hydrogen (secondary N) is 2. The van der Waals surface area contributed by atoms with E-state index in [1.807, 2.05) is 44.2 Å². The molecule has 2 N–H and O–H groups in total. The molecule has 1 aromatic heterocycles. The van der Waals surface area contributed by atoms with Gasteiger partial charge >= 0.3 is 6.03 Å². The normalized spacial score (nSPS) is 10.1. The van der Waals surface area contributed by atoms with Crippen LogP contribution in [0.15, 0.2) is 42.7 Å². The van der Waals surface area contributed by atoms with Crippen LogP contribution in [-0.4, -0.2) is 24.2 Å². The number of aromatic nitrogens is 1. The maximum absolute atomic E-state index is 11.7. The summed E-state index contributed by atoms with van der Waals surface area (Å²) in [5.41, 5.74) is 3.34. The second kappa shape index (κ2) is 8.02. The first kappa shape index (κ1) is 15.8. The Balaban J connectivity index is 1.66. The fourth-order valence-corrected chi connectivity index (χ4v) is 1.95. The quantitative estimate of drug-likeness (QED) is 0.806. The molecule has 116 valence electrons. The number of pyridine rings is 1. The molecule has 0 spiro atoms. The van der Waals surface area contributed by atoms with E-state index in [0.29, 0.717) is 19.7 Å². The Morgan fingerprint density at radius 3 is 2.68 bits per heavy atom. The van der Waals surface area contributed by atoms with Crippen molar-refractivity contribution in [3.8, 4) is 5.75 Å². The number of carbonyl (C=O) groups is 1. The average molecular weight is 299 g/mol. The molecule has 2 rings (SSSR count). The highest BCUT2D eigenvalue weighted by molar-refractivity contribution is 5.73. The molecule has 5 heteroatoms. The fraction of sp³-hybridized carbons (Fsp3) is 0.294. The molecule has 1 aromatic carbocycles. The summed E-state index contributed by atoms with van der Waals surface area (Å²) in [6.07, 6.45) is 3.40. The minimum atomic E-state index is -0.207. The van der Waals surface area contributed by atoms with Crippen LogP contribution >= 0.6 is 0 Å². The van der Waals surface area contributed by atoms with Gasteiger partial charge in [-0.1, -0.05) is 12.1 Å². The van der Waals surface area contributed by atoms with E-state index < -0.39 is 0 Å². The van der Waals surface area contributed by atoms with Gasteiger partial charge in [0.25, 0.3) is 0 Å². The van der Waals surface area contributed by atoms with Crippen LogP contribution in [0.1, 0.15) is 16.7 Å². The first-order valence-electron chi connectivity index (χ1n) is 7.26. The van der Waals surface area contributed by atoms with Gasteiger partial charge in [0.2, 0.25) is 0 Å². The van der Waals surface area contributed by atoms with Crippen LogP contribution < -0.4 is 15.4 Å². The van der Waals surface area contributed by atoms with Crippen LogP contribution in [0, 0.1) is 13.8 Å². The van der Waals surface area contributed by atoms with E-state index in [0.717, 1.165) is 16.9 Å². The summed E-state index contributed by atoms with van der Waals surface area (Å²) in [5.74, 6) is 0.860. The summed E-state index contributed by atoms with van der Waals surface area (Å²) in [6.45, 7) is 5.45. The number of nitrogens with zero attached hydrogens (tertiary/aromatic N) is 1. The molecular formula is C17H21N3O2. The van der Waals surface area contributed by atoms with E-state index in [9.17, 15) is 4.79 Å². The third-order valence-electron chi connectivity index (χ3n) is 3.40. The Morgan fingerprint density at radius 1 is 1.14 bits per heavy atom. The Bertz CT molecular complexity index is 615. The number of benzene rings is 1. The van der Waals surface area contributed by atoms with Crippen LogP contribution in [0.3, 0.4) is 0 Å². The van der Waals surface area contributed by atoms with Gasteiger partial charge in [0.15, 0.2) is 0 Å². The second-order valence-electron chi connectivity index (χ2n) is 5.01. The summed E-state index contributed by atoms with van der Waals surface area (Å²) < 4.78 is 5.68. The molecule has 0 fully saturated rings. The molecule has 0 saturated carbocycles. The molecule has 0 aliphatic heterocycles. The van der Waals surface area contributed by atoms with Crippen molar-refractivity contribution < 1.29 is 9.53 Å². The predicted octanol–water partition coefficient (Wildman–Crippen LogP) is 2.58. The van der Waals surface area contributed by atoms with Gasteiger partial charge in [0, 0.05) is 18.9 Å². The SMILES string of the molecule is Cc1cccc(OCCNC(=O)NCc2ccncc2)c1C. The molecule has 0 aliphatic rings. The van der Waals surface area contributed by atoms with Crippen molar-refractivity contribution in [2.24, 2.45) is 0 Å². The van der Waals surface area contributed by atoms with Gasteiger partial charge in [-0.25, -0.2) is 4.79 Å². The fourth-order valence-electron chi connectivity index (χ4n) is 1.95. The highest BCUT2D eigenvalue weighted by Crippen LogP contribution is 2.20. The summed E-state index contributed by atoms with van der Waals surface area (Å²) in [5, 5.41) is 5.55. The monoisotopic (exact) mass is 299 g/mol. The number of amides is 2. The number of urea groups is 1. The van der Waals surface area contributed by atoms with Gasteiger partial charge in [-0.2, -0.15) is 0 Å². The van der Waals surface area contributed by atoms with Crippen molar-refractivity contribution in [3.63, 3.8) is 0 Å². The Morgan fingerprint density at radius 2 is 1.91 bits per heavy atom. The summed E-state index contributed by atoms with van der Waals surface area (Å²) >= 11 is 0. The molecule has 0 bridgehead atoms. The lowest BCUT2D eigenvalue weighted by molar-refractivity contribution is 0.236. The van der Waals surface area contributed by atoms with Crippen molar-refractivity contribution in [1.82, 2.24) is 15.6 Å². The molecule has 5 nitrogen and oxygen atoms in total. The minimum absolute atomic E-state index is 0.207. The van der Waals surface area contributed by atoms with E-state index in [-0.39, 0.29) is 6.03 Å². The van der Waals surface area contributed by atoms with Crippen molar-refractivity contribution >= 4 is 6.03 Å². The lowest BCUT2D eigenvalue weighted by Crippen LogP contribution is -2.37. The van der Waals surface area contributed by atoms with Gasteiger partial charge in [-0.3, -0.25) is 4.98 Å². The molecule has 2 amide bonds. The molecular weight excluding hydrogens is 278 g/mol. The van der Waals surface area contributed by atoms with Crippen molar-refractivity contribution in [3.05, 3.63) is 59.4 Å². The summed E-state index contributed by atoms with van der Waals surface area (Å²) in [7, 11) is 0. The lowest BCUT2D eigenvalue weighted by atomic mass is 10.1. The third-order valence-corrected chi connectivity index (χ3v) is 3.40. The first-order chi connectivity index (χ1) is 10.7. The van der Waals surface area contributed by atoms with Crippen LogP contribution in [0.25, 0.3) is 0 Å². The Labute approximate surface area is 130 Å². The smallest absolute Gasteiger partial charge is 0.315 e. The van der Waals surface area contributed by atoms with Gasteiger partial charge < -0.3 is 15.4 Å². The zero-order valence-electron chi connectivity index (χ0n) is 12.9. The molecule has 0 radical (unpaired) electrons. The standard InChI is InChI=1S/C17H21N3O2/c1-13-4-3-5-16(14(13)2)22-11-10-19-17(21)20-12-15-6-8-18-9-7-15/h3-9H,10-12H2,1-2H3,(H2,19,20,21). The second-order valence-corrected chi connectivity index (χ2v) is 5.01. The zero-order valence-corrected chi connectivity index (χ0v) is 12.9.